The van der Waals surface area contributed by atoms with Gasteiger partial charge in [-0.1, -0.05) is 72.8 Å². The second kappa shape index (κ2) is 13.8. The van der Waals surface area contributed by atoms with E-state index in [9.17, 15) is 19.5 Å². The number of carbonyl (C=O) groups is 3. The van der Waals surface area contributed by atoms with E-state index >= 15 is 0 Å². The normalized spacial score (nSPS) is 11.4. The third-order valence-corrected chi connectivity index (χ3v) is 8.45. The van der Waals surface area contributed by atoms with Crippen LogP contribution in [-0.2, 0) is 4.79 Å². The number of ether oxygens (including phenoxy) is 1. The first-order chi connectivity index (χ1) is 22.4. The number of para-hydroxylation sites is 1. The summed E-state index contributed by atoms with van der Waals surface area (Å²) in [5.41, 5.74) is 2.37. The van der Waals surface area contributed by atoms with Crippen molar-refractivity contribution in [2.45, 2.75) is 10.1 Å². The summed E-state index contributed by atoms with van der Waals surface area (Å²) in [4.78, 5) is 39.5. The lowest BCUT2D eigenvalue weighted by atomic mass is 9.98. The minimum absolute atomic E-state index is 0.0664. The fourth-order valence-corrected chi connectivity index (χ4v) is 6.02. The summed E-state index contributed by atoms with van der Waals surface area (Å²) >= 11 is 1.39. The molecule has 226 valence electrons. The molecule has 8 heteroatoms. The van der Waals surface area contributed by atoms with Gasteiger partial charge in [-0.2, -0.15) is 0 Å². The van der Waals surface area contributed by atoms with Gasteiger partial charge in [0.05, 0.1) is 5.56 Å². The van der Waals surface area contributed by atoms with E-state index in [1.165, 1.54) is 17.8 Å². The number of fused-ring (bicyclic) bond motifs is 1. The van der Waals surface area contributed by atoms with Crippen molar-refractivity contribution in [2.75, 3.05) is 10.6 Å². The van der Waals surface area contributed by atoms with Crippen molar-refractivity contribution in [2.24, 2.45) is 0 Å². The molecule has 0 bridgehead atoms. The predicted molar refractivity (Wildman–Crippen MR) is 182 cm³/mol. The third-order valence-electron chi connectivity index (χ3n) is 7.19. The number of benzene rings is 6. The van der Waals surface area contributed by atoms with Crippen LogP contribution in [0.1, 0.15) is 31.5 Å². The molecular weight excluding hydrogens is 596 g/mol. The van der Waals surface area contributed by atoms with E-state index in [1.807, 2.05) is 72.8 Å². The topological polar surface area (TPSA) is 105 Å². The Bertz CT molecular complexity index is 1990. The first kappa shape index (κ1) is 30.2. The first-order valence-electron chi connectivity index (χ1n) is 14.5. The number of thioether (sulfide) groups is 1. The largest absolute Gasteiger partial charge is 0.478 e. The maximum absolute atomic E-state index is 13.6. The summed E-state index contributed by atoms with van der Waals surface area (Å²) in [6, 6.07) is 43.5. The fraction of sp³-hybridized carbons (Fsp3) is 0.0263. The average Bonchev–Trinajstić information content (AvgIpc) is 3.09. The fourth-order valence-electron chi connectivity index (χ4n) is 5.00. The van der Waals surface area contributed by atoms with Crippen LogP contribution in [0.15, 0.2) is 150 Å². The summed E-state index contributed by atoms with van der Waals surface area (Å²) in [5.74, 6) is -0.310. The molecule has 2 amide bonds. The molecule has 0 aliphatic carbocycles. The molecule has 6 aromatic carbocycles. The van der Waals surface area contributed by atoms with Crippen LogP contribution in [0.2, 0.25) is 0 Å². The predicted octanol–water partition coefficient (Wildman–Crippen LogP) is 9.05. The molecule has 1 unspecified atom stereocenters. The lowest BCUT2D eigenvalue weighted by molar-refractivity contribution is -0.115. The van der Waals surface area contributed by atoms with Gasteiger partial charge in [0.1, 0.15) is 16.7 Å². The van der Waals surface area contributed by atoms with Gasteiger partial charge in [-0.25, -0.2) is 4.79 Å². The number of nitrogens with one attached hydrogen (secondary N) is 2. The van der Waals surface area contributed by atoms with E-state index in [1.54, 1.807) is 66.7 Å². The van der Waals surface area contributed by atoms with Crippen LogP contribution in [0.5, 0.6) is 11.5 Å². The second-order valence-corrected chi connectivity index (χ2v) is 11.5. The second-order valence-electron chi connectivity index (χ2n) is 10.3. The number of hydrogen-bond acceptors (Lipinski definition) is 5. The number of carboxylic acid groups (broad SMARTS) is 1. The SMILES string of the molecule is O=C(O)c1cccc2cccc(C(=O)Nc3ccc(SC(C(=O)Nc4ccc(Oc5ccccc5)cc4)c4ccccc4)cc3)c12. The van der Waals surface area contributed by atoms with Crippen molar-refractivity contribution in [1.82, 2.24) is 0 Å². The Morgan fingerprint density at radius 1 is 0.587 bits per heavy atom. The van der Waals surface area contributed by atoms with Crippen LogP contribution in [0.3, 0.4) is 0 Å². The average molecular weight is 625 g/mol. The molecule has 6 rings (SSSR count). The van der Waals surface area contributed by atoms with Crippen molar-refractivity contribution in [3.05, 3.63) is 162 Å². The van der Waals surface area contributed by atoms with Gasteiger partial charge in [0, 0.05) is 27.2 Å². The molecule has 0 aliphatic heterocycles. The van der Waals surface area contributed by atoms with Gasteiger partial charge in [0.25, 0.3) is 5.91 Å². The maximum Gasteiger partial charge on any atom is 0.336 e. The van der Waals surface area contributed by atoms with Crippen LogP contribution in [0.4, 0.5) is 11.4 Å². The summed E-state index contributed by atoms with van der Waals surface area (Å²) < 4.78 is 5.86. The highest BCUT2D eigenvalue weighted by Crippen LogP contribution is 2.37. The molecule has 6 aromatic rings. The van der Waals surface area contributed by atoms with Gasteiger partial charge in [-0.15, -0.1) is 11.8 Å². The zero-order valence-electron chi connectivity index (χ0n) is 24.4. The molecule has 7 nitrogen and oxygen atoms in total. The van der Waals surface area contributed by atoms with Crippen LogP contribution in [-0.4, -0.2) is 22.9 Å². The van der Waals surface area contributed by atoms with Crippen LogP contribution >= 0.6 is 11.8 Å². The van der Waals surface area contributed by atoms with Crippen LogP contribution in [0, 0.1) is 0 Å². The van der Waals surface area contributed by atoms with E-state index in [-0.39, 0.29) is 17.0 Å². The lowest BCUT2D eigenvalue weighted by Crippen LogP contribution is -2.19. The Kier molecular flexibility index (Phi) is 9.08. The molecular formula is C38H28N2O5S. The Morgan fingerprint density at radius 2 is 1.15 bits per heavy atom. The minimum Gasteiger partial charge on any atom is -0.478 e. The van der Waals surface area contributed by atoms with Gasteiger partial charge in [-0.3, -0.25) is 9.59 Å². The molecule has 0 spiro atoms. The molecule has 0 saturated heterocycles. The third kappa shape index (κ3) is 7.09. The quantitative estimate of drug-likeness (QED) is 0.131. The molecule has 0 heterocycles. The number of rotatable bonds is 10. The number of hydrogen-bond donors (Lipinski definition) is 3. The standard InChI is InChI=1S/C38H28N2O5S/c41-36(32-15-7-11-25-12-8-16-33(34(25)32)38(43)44)39-28-19-23-31(24-20-28)46-35(26-9-3-1-4-10-26)37(42)40-27-17-21-30(22-18-27)45-29-13-5-2-6-14-29/h1-24,35H,(H,39,41)(H,40,42)(H,43,44). The summed E-state index contributed by atoms with van der Waals surface area (Å²) in [7, 11) is 0. The monoisotopic (exact) mass is 624 g/mol. The van der Waals surface area contributed by atoms with E-state index in [4.69, 9.17) is 4.74 Å². The Labute approximate surface area is 269 Å². The highest BCUT2D eigenvalue weighted by Gasteiger charge is 2.23. The zero-order chi connectivity index (χ0) is 31.9. The van der Waals surface area contributed by atoms with Crippen molar-refractivity contribution in [1.29, 1.82) is 0 Å². The van der Waals surface area contributed by atoms with Crippen LogP contribution < -0.4 is 15.4 Å². The van der Waals surface area contributed by atoms with E-state index < -0.39 is 17.1 Å². The van der Waals surface area contributed by atoms with Crippen molar-refractivity contribution >= 4 is 51.7 Å². The van der Waals surface area contributed by atoms with Gasteiger partial charge >= 0.3 is 5.97 Å². The van der Waals surface area contributed by atoms with Crippen molar-refractivity contribution < 1.29 is 24.2 Å². The highest BCUT2D eigenvalue weighted by atomic mass is 32.2. The molecule has 0 radical (unpaired) electrons. The van der Waals surface area contributed by atoms with Crippen molar-refractivity contribution in [3.8, 4) is 11.5 Å². The summed E-state index contributed by atoms with van der Waals surface area (Å²) in [5, 5.41) is 16.1. The highest BCUT2D eigenvalue weighted by molar-refractivity contribution is 8.00. The Hall–Kier alpha value is -5.86. The smallest absolute Gasteiger partial charge is 0.336 e. The first-order valence-corrected chi connectivity index (χ1v) is 15.3. The summed E-state index contributed by atoms with van der Waals surface area (Å²) in [6.07, 6.45) is 0. The van der Waals surface area contributed by atoms with E-state index in [0.717, 1.165) is 16.2 Å². The zero-order valence-corrected chi connectivity index (χ0v) is 25.2. The van der Waals surface area contributed by atoms with Crippen molar-refractivity contribution in [3.63, 3.8) is 0 Å². The number of carboxylic acids is 1. The minimum atomic E-state index is -1.10. The molecule has 0 aliphatic rings. The molecule has 1 atom stereocenters. The Balaban J connectivity index is 1.16. The van der Waals surface area contributed by atoms with Gasteiger partial charge in [-0.05, 0) is 83.7 Å². The van der Waals surface area contributed by atoms with Gasteiger partial charge in [0.2, 0.25) is 5.91 Å². The van der Waals surface area contributed by atoms with Gasteiger partial charge in [0.15, 0.2) is 0 Å². The number of amides is 2. The number of aromatic carboxylic acids is 1. The number of anilines is 2. The lowest BCUT2D eigenvalue weighted by Gasteiger charge is -2.18. The molecule has 0 fully saturated rings. The molecule has 3 N–H and O–H groups in total. The van der Waals surface area contributed by atoms with Gasteiger partial charge < -0.3 is 20.5 Å². The van der Waals surface area contributed by atoms with E-state index in [0.29, 0.717) is 27.9 Å². The van der Waals surface area contributed by atoms with Crippen LogP contribution in [0.25, 0.3) is 10.8 Å². The Morgan fingerprint density at radius 3 is 1.80 bits per heavy atom. The summed E-state index contributed by atoms with van der Waals surface area (Å²) in [6.45, 7) is 0. The number of carbonyl (C=O) groups excluding carboxylic acids is 2. The molecule has 0 aromatic heterocycles. The van der Waals surface area contributed by atoms with E-state index in [2.05, 4.69) is 10.6 Å². The molecule has 0 saturated carbocycles. The maximum atomic E-state index is 13.6. The molecule has 46 heavy (non-hydrogen) atoms.